The van der Waals surface area contributed by atoms with Crippen LogP contribution in [0.1, 0.15) is 16.7 Å². The van der Waals surface area contributed by atoms with Gasteiger partial charge in [0.15, 0.2) is 0 Å². The molecule has 1 atom stereocenters. The highest BCUT2D eigenvalue weighted by Gasteiger charge is 2.46. The second kappa shape index (κ2) is 11.4. The molecule has 0 saturated heterocycles. The number of rotatable bonds is 11. The third kappa shape index (κ3) is 6.55. The van der Waals surface area contributed by atoms with Gasteiger partial charge in [-0.1, -0.05) is 109 Å². The fourth-order valence-corrected chi connectivity index (χ4v) is 4.90. The van der Waals surface area contributed by atoms with Crippen LogP contribution in [0.15, 0.2) is 110 Å². The number of carbonyl (C=O) groups excluding carboxylic acids is 2. The Labute approximate surface area is 206 Å². The summed E-state index contributed by atoms with van der Waals surface area (Å²) in [6.07, 6.45) is 4.16. The van der Waals surface area contributed by atoms with E-state index in [1.54, 1.807) is 54.6 Å². The molecule has 3 aromatic carbocycles. The molecule has 0 heterocycles. The van der Waals surface area contributed by atoms with E-state index in [1.165, 1.54) is 12.2 Å². The Morgan fingerprint density at radius 1 is 0.857 bits per heavy atom. The van der Waals surface area contributed by atoms with E-state index in [2.05, 4.69) is 11.3 Å². The first-order valence-corrected chi connectivity index (χ1v) is 12.6. The molecule has 0 bridgehead atoms. The van der Waals surface area contributed by atoms with Gasteiger partial charge >= 0.3 is 0 Å². The highest BCUT2D eigenvalue weighted by atomic mass is 32.2. The lowest BCUT2D eigenvalue weighted by atomic mass is 9.75. The van der Waals surface area contributed by atoms with Gasteiger partial charge in [0, 0.05) is 0 Å². The smallest absolute Gasteiger partial charge is 0.249 e. The lowest BCUT2D eigenvalue weighted by Gasteiger charge is -2.30. The molecule has 0 aliphatic carbocycles. The molecule has 3 rings (SSSR count). The van der Waals surface area contributed by atoms with E-state index in [0.717, 1.165) is 5.56 Å². The molecule has 7 heteroatoms. The number of primary amides is 1. The largest absolute Gasteiger partial charge is 0.369 e. The summed E-state index contributed by atoms with van der Waals surface area (Å²) >= 11 is 0. The third-order valence-corrected chi connectivity index (χ3v) is 7.24. The zero-order valence-electron chi connectivity index (χ0n) is 19.2. The van der Waals surface area contributed by atoms with Gasteiger partial charge in [0.1, 0.15) is 10.7 Å². The maximum absolute atomic E-state index is 13.6. The molecule has 1 unspecified atom stereocenters. The number of amides is 2. The monoisotopic (exact) mass is 488 g/mol. The average molecular weight is 489 g/mol. The van der Waals surface area contributed by atoms with Gasteiger partial charge in [0.2, 0.25) is 21.8 Å². The maximum Gasteiger partial charge on any atom is 0.249 e. The van der Waals surface area contributed by atoms with Gasteiger partial charge in [-0.05, 0) is 29.5 Å². The molecule has 0 spiro atoms. The normalized spacial score (nSPS) is 12.7. The number of hydrogen-bond acceptors (Lipinski definition) is 4. The molecule has 6 nitrogen and oxygen atoms in total. The Hall–Kier alpha value is -3.97. The topological polar surface area (TPSA) is 106 Å². The average Bonchev–Trinajstić information content (AvgIpc) is 2.85. The summed E-state index contributed by atoms with van der Waals surface area (Å²) in [4.78, 5) is 26.4. The van der Waals surface area contributed by atoms with E-state index in [4.69, 9.17) is 5.73 Å². The molecule has 3 N–H and O–H groups in total. The van der Waals surface area contributed by atoms with E-state index in [9.17, 15) is 18.0 Å². The molecule has 0 saturated carbocycles. The van der Waals surface area contributed by atoms with Gasteiger partial charge in [0.05, 0.1) is 0 Å². The molecule has 0 radical (unpaired) electrons. The summed E-state index contributed by atoms with van der Waals surface area (Å²) in [5, 5.41) is -1.20. The summed E-state index contributed by atoms with van der Waals surface area (Å²) < 4.78 is 28.4. The number of sulfonamides is 1. The van der Waals surface area contributed by atoms with E-state index in [1.807, 2.05) is 42.5 Å². The number of carbonyl (C=O) groups is 2. The molecule has 0 fully saturated rings. The fraction of sp³-hybridized carbons (Fsp3) is 0.143. The van der Waals surface area contributed by atoms with Gasteiger partial charge in [-0.15, -0.1) is 6.58 Å². The lowest BCUT2D eigenvalue weighted by Crippen LogP contribution is -2.54. The highest BCUT2D eigenvalue weighted by Crippen LogP contribution is 2.29. The van der Waals surface area contributed by atoms with Crippen LogP contribution < -0.4 is 10.5 Å². The minimum absolute atomic E-state index is 0.0575. The van der Waals surface area contributed by atoms with Gasteiger partial charge in [-0.3, -0.25) is 14.3 Å². The van der Waals surface area contributed by atoms with Gasteiger partial charge in [-0.25, -0.2) is 8.42 Å². The second-order valence-corrected chi connectivity index (χ2v) is 10.1. The predicted octanol–water partition coefficient (Wildman–Crippen LogP) is 3.66. The van der Waals surface area contributed by atoms with Crippen LogP contribution in [-0.2, 0) is 32.5 Å². The van der Waals surface area contributed by atoms with Crippen LogP contribution >= 0.6 is 0 Å². The SMILES string of the molecule is C=CC(C=Cc1ccccc1)S(=O)(=O)NC(=O)C(Cc1ccccc1)(Cc1ccccc1)C(N)=O. The van der Waals surface area contributed by atoms with Crippen molar-refractivity contribution < 1.29 is 18.0 Å². The van der Waals surface area contributed by atoms with E-state index >= 15 is 0 Å². The summed E-state index contributed by atoms with van der Waals surface area (Å²) in [5.74, 6) is -1.88. The molecule has 2 amide bonds. The van der Waals surface area contributed by atoms with Crippen LogP contribution in [0.5, 0.6) is 0 Å². The number of hydrogen-bond donors (Lipinski definition) is 2. The molecule has 180 valence electrons. The van der Waals surface area contributed by atoms with Crippen LogP contribution in [0.25, 0.3) is 6.08 Å². The summed E-state index contributed by atoms with van der Waals surface area (Å²) in [6, 6.07) is 26.9. The van der Waals surface area contributed by atoms with Crippen molar-refractivity contribution in [2.45, 2.75) is 18.1 Å². The van der Waals surface area contributed by atoms with Crippen molar-refractivity contribution in [1.29, 1.82) is 0 Å². The lowest BCUT2D eigenvalue weighted by molar-refractivity contribution is -0.140. The predicted molar refractivity (Wildman–Crippen MR) is 138 cm³/mol. The van der Waals surface area contributed by atoms with Gasteiger partial charge in [-0.2, -0.15) is 0 Å². The number of nitrogens with two attached hydrogens (primary N) is 1. The van der Waals surface area contributed by atoms with Crippen LogP contribution in [0.3, 0.4) is 0 Å². The van der Waals surface area contributed by atoms with E-state index < -0.39 is 32.5 Å². The maximum atomic E-state index is 13.6. The highest BCUT2D eigenvalue weighted by molar-refractivity contribution is 7.91. The van der Waals surface area contributed by atoms with Crippen molar-refractivity contribution in [2.75, 3.05) is 0 Å². The van der Waals surface area contributed by atoms with Crippen molar-refractivity contribution in [3.63, 3.8) is 0 Å². The first-order chi connectivity index (χ1) is 16.8. The Bertz CT molecular complexity index is 1250. The van der Waals surface area contributed by atoms with Gasteiger partial charge in [0.25, 0.3) is 0 Å². The van der Waals surface area contributed by atoms with Crippen LogP contribution in [-0.4, -0.2) is 25.5 Å². The Kier molecular flexibility index (Phi) is 8.39. The Morgan fingerprint density at radius 3 is 1.74 bits per heavy atom. The van der Waals surface area contributed by atoms with Crippen LogP contribution in [0, 0.1) is 5.41 Å². The minimum atomic E-state index is -4.26. The standard InChI is InChI=1S/C28H28N2O4S/c1-2-25(19-18-22-12-6-3-7-13-22)35(33,34)30-27(32)28(26(29)31,20-23-14-8-4-9-15-23)21-24-16-10-5-11-17-24/h2-19,25H,1,20-21H2,(H2,29,31)(H,30,32). The first kappa shape index (κ1) is 25.6. The van der Waals surface area contributed by atoms with Crippen LogP contribution in [0.2, 0.25) is 0 Å². The van der Waals surface area contributed by atoms with E-state index in [0.29, 0.717) is 11.1 Å². The first-order valence-electron chi connectivity index (χ1n) is 11.1. The zero-order valence-corrected chi connectivity index (χ0v) is 20.0. The Morgan fingerprint density at radius 2 is 1.31 bits per heavy atom. The third-order valence-electron chi connectivity index (χ3n) is 5.71. The molecule has 0 aliphatic rings. The van der Waals surface area contributed by atoms with Crippen molar-refractivity contribution in [2.24, 2.45) is 11.1 Å². The quantitative estimate of drug-likeness (QED) is 0.317. The summed E-state index contributed by atoms with van der Waals surface area (Å²) in [7, 11) is -4.26. The summed E-state index contributed by atoms with van der Waals surface area (Å²) in [6.45, 7) is 3.61. The van der Waals surface area contributed by atoms with Gasteiger partial charge < -0.3 is 5.73 Å². The summed E-state index contributed by atoms with van der Waals surface area (Å²) in [5.41, 5.74) is 6.12. The van der Waals surface area contributed by atoms with E-state index in [-0.39, 0.29) is 12.8 Å². The minimum Gasteiger partial charge on any atom is -0.369 e. The number of nitrogens with one attached hydrogen (secondary N) is 1. The van der Waals surface area contributed by atoms with Crippen molar-refractivity contribution in [3.05, 3.63) is 126 Å². The molecular formula is C28H28N2O4S. The Balaban J connectivity index is 1.95. The zero-order chi connectivity index (χ0) is 25.3. The molecule has 35 heavy (non-hydrogen) atoms. The number of benzene rings is 3. The molecule has 3 aromatic rings. The van der Waals surface area contributed by atoms with Crippen LogP contribution in [0.4, 0.5) is 0 Å². The molecular weight excluding hydrogens is 460 g/mol. The van der Waals surface area contributed by atoms with Crippen molar-refractivity contribution >= 4 is 27.9 Å². The molecule has 0 aromatic heterocycles. The van der Waals surface area contributed by atoms with Crippen molar-refractivity contribution in [1.82, 2.24) is 4.72 Å². The second-order valence-electron chi connectivity index (χ2n) is 8.22. The fourth-order valence-electron chi connectivity index (χ4n) is 3.77. The van der Waals surface area contributed by atoms with Crippen molar-refractivity contribution in [3.8, 4) is 0 Å². The molecule has 0 aliphatic heterocycles.